The zero-order valence-electron chi connectivity index (χ0n) is 9.32. The van der Waals surface area contributed by atoms with Gasteiger partial charge < -0.3 is 0 Å². The highest BCUT2D eigenvalue weighted by atomic mass is 16.1. The van der Waals surface area contributed by atoms with Crippen LogP contribution in [0.4, 0.5) is 0 Å². The summed E-state index contributed by atoms with van der Waals surface area (Å²) < 4.78 is 0. The Balaban J connectivity index is 1.99. The van der Waals surface area contributed by atoms with E-state index in [9.17, 15) is 9.59 Å². The first-order valence-electron chi connectivity index (χ1n) is 5.88. The summed E-state index contributed by atoms with van der Waals surface area (Å²) in [6.45, 7) is 0. The molecule has 1 saturated carbocycles. The molecule has 1 unspecified atom stereocenters. The molecule has 0 saturated heterocycles. The van der Waals surface area contributed by atoms with Gasteiger partial charge in [0.15, 0.2) is 5.78 Å². The minimum Gasteiger partial charge on any atom is -0.299 e. The lowest BCUT2D eigenvalue weighted by molar-refractivity contribution is -0.124. The van der Waals surface area contributed by atoms with Crippen molar-refractivity contribution in [3.05, 3.63) is 35.9 Å². The van der Waals surface area contributed by atoms with Crippen LogP contribution in [-0.2, 0) is 4.79 Å². The maximum Gasteiger partial charge on any atom is 0.163 e. The van der Waals surface area contributed by atoms with Crippen LogP contribution in [0.1, 0.15) is 42.5 Å². The molecule has 0 spiro atoms. The highest BCUT2D eigenvalue weighted by Gasteiger charge is 2.24. The second kappa shape index (κ2) is 5.06. The number of carbonyl (C=O) groups is 2. The molecule has 0 N–H and O–H groups in total. The Morgan fingerprint density at radius 1 is 1.19 bits per heavy atom. The maximum atomic E-state index is 11.9. The molecule has 2 rings (SSSR count). The molecule has 1 atom stereocenters. The molecule has 0 radical (unpaired) electrons. The van der Waals surface area contributed by atoms with Crippen LogP contribution in [0.25, 0.3) is 0 Å². The molecule has 16 heavy (non-hydrogen) atoms. The maximum absolute atomic E-state index is 11.9. The van der Waals surface area contributed by atoms with Crippen LogP contribution in [0, 0.1) is 5.92 Å². The molecule has 0 aromatic heterocycles. The van der Waals surface area contributed by atoms with Gasteiger partial charge in [0.05, 0.1) is 0 Å². The number of ketones is 2. The fraction of sp³-hybridized carbons (Fsp3) is 0.429. The molecule has 0 amide bonds. The van der Waals surface area contributed by atoms with Crippen molar-refractivity contribution in [2.24, 2.45) is 5.92 Å². The molecule has 1 fully saturated rings. The molecular weight excluding hydrogens is 200 g/mol. The minimum atomic E-state index is -0.0264. The number of benzene rings is 1. The highest BCUT2D eigenvalue weighted by molar-refractivity contribution is 5.98. The molecule has 1 aromatic rings. The van der Waals surface area contributed by atoms with Gasteiger partial charge in [0.25, 0.3) is 0 Å². The lowest BCUT2D eigenvalue weighted by atomic mass is 9.83. The fourth-order valence-corrected chi connectivity index (χ4v) is 2.24. The number of hydrogen-bond acceptors (Lipinski definition) is 2. The standard InChI is InChI=1S/C14H16O2/c15-13-9-5-4-8-12(13)10-14(16)11-6-2-1-3-7-11/h1-3,6-7,12H,4-5,8-10H2. The highest BCUT2D eigenvalue weighted by Crippen LogP contribution is 2.24. The monoisotopic (exact) mass is 216 g/mol. The first kappa shape index (κ1) is 11.1. The zero-order chi connectivity index (χ0) is 11.4. The topological polar surface area (TPSA) is 34.1 Å². The van der Waals surface area contributed by atoms with E-state index >= 15 is 0 Å². The van der Waals surface area contributed by atoms with Crippen molar-refractivity contribution in [2.45, 2.75) is 32.1 Å². The van der Waals surface area contributed by atoms with E-state index < -0.39 is 0 Å². The number of Topliss-reactive ketones (excluding diaryl/α,β-unsaturated/α-hetero) is 2. The number of carbonyl (C=O) groups excluding carboxylic acids is 2. The first-order chi connectivity index (χ1) is 7.77. The summed E-state index contributed by atoms with van der Waals surface area (Å²) >= 11 is 0. The fourth-order valence-electron chi connectivity index (χ4n) is 2.24. The number of rotatable bonds is 3. The van der Waals surface area contributed by atoms with E-state index in [4.69, 9.17) is 0 Å². The van der Waals surface area contributed by atoms with Crippen LogP contribution >= 0.6 is 0 Å². The summed E-state index contributed by atoms with van der Waals surface area (Å²) in [6.07, 6.45) is 4.01. The summed E-state index contributed by atoms with van der Waals surface area (Å²) in [5.41, 5.74) is 0.723. The molecule has 0 heterocycles. The first-order valence-corrected chi connectivity index (χ1v) is 5.88. The normalized spacial score (nSPS) is 20.8. The van der Waals surface area contributed by atoms with Crippen molar-refractivity contribution in [1.82, 2.24) is 0 Å². The summed E-state index contributed by atoms with van der Waals surface area (Å²) in [5.74, 6) is 0.345. The van der Waals surface area contributed by atoms with Crippen molar-refractivity contribution in [2.75, 3.05) is 0 Å². The predicted molar refractivity (Wildman–Crippen MR) is 62.4 cm³/mol. The van der Waals surface area contributed by atoms with Gasteiger partial charge in [-0.15, -0.1) is 0 Å². The van der Waals surface area contributed by atoms with Crippen LogP contribution in [0.15, 0.2) is 30.3 Å². The quantitative estimate of drug-likeness (QED) is 0.728. The summed E-state index contributed by atoms with van der Waals surface area (Å²) in [6, 6.07) is 9.24. The molecule has 0 bridgehead atoms. The predicted octanol–water partition coefficient (Wildman–Crippen LogP) is 3.02. The van der Waals surface area contributed by atoms with Crippen molar-refractivity contribution < 1.29 is 9.59 Å². The Hall–Kier alpha value is -1.44. The van der Waals surface area contributed by atoms with Gasteiger partial charge in [-0.3, -0.25) is 9.59 Å². The molecular formula is C14H16O2. The second-order valence-corrected chi connectivity index (χ2v) is 4.40. The van der Waals surface area contributed by atoms with Gasteiger partial charge >= 0.3 is 0 Å². The Labute approximate surface area is 95.7 Å². The van der Waals surface area contributed by atoms with Gasteiger partial charge in [0, 0.05) is 24.3 Å². The summed E-state index contributed by atoms with van der Waals surface area (Å²) in [7, 11) is 0. The van der Waals surface area contributed by atoms with Crippen molar-refractivity contribution in [3.63, 3.8) is 0 Å². The van der Waals surface area contributed by atoms with E-state index in [-0.39, 0.29) is 17.5 Å². The smallest absolute Gasteiger partial charge is 0.163 e. The largest absolute Gasteiger partial charge is 0.299 e. The third-order valence-electron chi connectivity index (χ3n) is 3.21. The van der Waals surface area contributed by atoms with Crippen molar-refractivity contribution >= 4 is 11.6 Å². The summed E-state index contributed by atoms with van der Waals surface area (Å²) in [4.78, 5) is 23.5. The molecule has 0 aliphatic heterocycles. The van der Waals surface area contributed by atoms with Gasteiger partial charge in [-0.2, -0.15) is 0 Å². The van der Waals surface area contributed by atoms with Gasteiger partial charge in [0.1, 0.15) is 5.78 Å². The molecule has 84 valence electrons. The summed E-state index contributed by atoms with van der Waals surface area (Å²) in [5, 5.41) is 0. The average molecular weight is 216 g/mol. The van der Waals surface area contributed by atoms with Crippen LogP contribution in [0.3, 0.4) is 0 Å². The molecule has 2 nitrogen and oxygen atoms in total. The van der Waals surface area contributed by atoms with E-state index in [1.165, 1.54) is 0 Å². The lowest BCUT2D eigenvalue weighted by Gasteiger charge is -2.19. The van der Waals surface area contributed by atoms with Crippen LogP contribution in [0.5, 0.6) is 0 Å². The molecule has 1 aliphatic carbocycles. The van der Waals surface area contributed by atoms with Crippen molar-refractivity contribution in [1.29, 1.82) is 0 Å². The second-order valence-electron chi connectivity index (χ2n) is 4.40. The van der Waals surface area contributed by atoms with Crippen LogP contribution < -0.4 is 0 Å². The lowest BCUT2D eigenvalue weighted by Crippen LogP contribution is -2.22. The van der Waals surface area contributed by atoms with Gasteiger partial charge in [-0.25, -0.2) is 0 Å². The van der Waals surface area contributed by atoms with E-state index in [1.54, 1.807) is 0 Å². The molecule has 1 aromatic carbocycles. The van der Waals surface area contributed by atoms with E-state index in [1.807, 2.05) is 30.3 Å². The Morgan fingerprint density at radius 3 is 2.62 bits per heavy atom. The van der Waals surface area contributed by atoms with Gasteiger partial charge in [0.2, 0.25) is 0 Å². The minimum absolute atomic E-state index is 0.0264. The van der Waals surface area contributed by atoms with Gasteiger partial charge in [-0.05, 0) is 12.8 Å². The third kappa shape index (κ3) is 2.57. The Kier molecular flexibility index (Phi) is 3.50. The molecule has 1 aliphatic rings. The van der Waals surface area contributed by atoms with Crippen LogP contribution in [-0.4, -0.2) is 11.6 Å². The third-order valence-corrected chi connectivity index (χ3v) is 3.21. The Morgan fingerprint density at radius 2 is 1.94 bits per heavy atom. The average Bonchev–Trinajstić information content (AvgIpc) is 2.33. The molecule has 2 heteroatoms. The van der Waals surface area contributed by atoms with E-state index in [0.717, 1.165) is 24.8 Å². The van der Waals surface area contributed by atoms with Gasteiger partial charge in [-0.1, -0.05) is 36.8 Å². The Bertz CT molecular complexity index is 381. The van der Waals surface area contributed by atoms with E-state index in [0.29, 0.717) is 12.8 Å². The van der Waals surface area contributed by atoms with Crippen molar-refractivity contribution in [3.8, 4) is 0 Å². The van der Waals surface area contributed by atoms with Crippen LogP contribution in [0.2, 0.25) is 0 Å². The number of hydrogen-bond donors (Lipinski definition) is 0. The zero-order valence-corrected chi connectivity index (χ0v) is 9.32. The van der Waals surface area contributed by atoms with E-state index in [2.05, 4.69) is 0 Å². The SMILES string of the molecule is O=C(CC1CCCCC1=O)c1ccccc1.